The van der Waals surface area contributed by atoms with Crippen LogP contribution >= 0.6 is 27.7 Å². The Bertz CT molecular complexity index is 449. The molecule has 0 heterocycles. The smallest absolute Gasteiger partial charge is 0.234 e. The molecule has 1 aromatic carbocycles. The van der Waals surface area contributed by atoms with Gasteiger partial charge in [-0.05, 0) is 42.7 Å². The van der Waals surface area contributed by atoms with Crippen LogP contribution in [-0.2, 0) is 4.79 Å². The molecule has 5 heteroatoms. The fourth-order valence-corrected chi connectivity index (χ4v) is 3.14. The molecule has 3 N–H and O–H groups in total. The monoisotopic (exact) mass is 344 g/mol. The van der Waals surface area contributed by atoms with E-state index in [9.17, 15) is 4.79 Å². The van der Waals surface area contributed by atoms with Gasteiger partial charge in [0, 0.05) is 4.47 Å². The van der Waals surface area contributed by atoms with Gasteiger partial charge in [0.2, 0.25) is 5.91 Å². The van der Waals surface area contributed by atoms with Gasteiger partial charge < -0.3 is 11.1 Å². The summed E-state index contributed by atoms with van der Waals surface area (Å²) in [6.07, 6.45) is 1.13. The van der Waals surface area contributed by atoms with E-state index in [4.69, 9.17) is 5.73 Å². The van der Waals surface area contributed by atoms with E-state index in [-0.39, 0.29) is 5.91 Å². The Hall–Kier alpha value is -0.680. The van der Waals surface area contributed by atoms with Crippen molar-refractivity contribution in [2.75, 3.05) is 22.6 Å². The second kappa shape index (κ2) is 7.80. The van der Waals surface area contributed by atoms with Crippen LogP contribution in [0.4, 0.5) is 11.4 Å². The number of thioether (sulfide) groups is 1. The fraction of sp³-hybridized carbons (Fsp3) is 0.500. The summed E-state index contributed by atoms with van der Waals surface area (Å²) in [4.78, 5) is 11.8. The molecule has 0 aliphatic carbocycles. The van der Waals surface area contributed by atoms with Crippen molar-refractivity contribution in [2.24, 2.45) is 5.92 Å². The highest BCUT2D eigenvalue weighted by Crippen LogP contribution is 2.27. The van der Waals surface area contributed by atoms with Crippen LogP contribution in [0.5, 0.6) is 0 Å². The van der Waals surface area contributed by atoms with Crippen LogP contribution in [0, 0.1) is 12.8 Å². The van der Waals surface area contributed by atoms with Crippen LogP contribution in [0.15, 0.2) is 16.6 Å². The third kappa shape index (κ3) is 5.87. The highest BCUT2D eigenvalue weighted by molar-refractivity contribution is 9.10. The minimum atomic E-state index is -0.00189. The number of nitrogen functional groups attached to an aromatic ring is 1. The van der Waals surface area contributed by atoms with Gasteiger partial charge in [0.05, 0.1) is 17.1 Å². The molecule has 106 valence electrons. The zero-order chi connectivity index (χ0) is 14.4. The van der Waals surface area contributed by atoms with Crippen LogP contribution < -0.4 is 11.1 Å². The topological polar surface area (TPSA) is 55.1 Å². The van der Waals surface area contributed by atoms with Crippen molar-refractivity contribution in [3.63, 3.8) is 0 Å². The quantitative estimate of drug-likeness (QED) is 0.604. The number of nitrogens with one attached hydrogen (secondary N) is 1. The first-order valence-corrected chi connectivity index (χ1v) is 8.28. The Morgan fingerprint density at radius 2 is 2.16 bits per heavy atom. The molecular weight excluding hydrogens is 324 g/mol. The van der Waals surface area contributed by atoms with Crippen LogP contribution in [0.25, 0.3) is 0 Å². The van der Waals surface area contributed by atoms with Crippen LogP contribution in [0.1, 0.15) is 25.8 Å². The molecular formula is C14H21BrN2OS. The Labute approximate surface area is 127 Å². The molecule has 1 aromatic rings. The van der Waals surface area contributed by atoms with Crippen molar-refractivity contribution in [2.45, 2.75) is 27.2 Å². The molecule has 0 aliphatic rings. The highest BCUT2D eigenvalue weighted by atomic mass is 79.9. The Morgan fingerprint density at radius 1 is 1.47 bits per heavy atom. The maximum atomic E-state index is 11.8. The van der Waals surface area contributed by atoms with Gasteiger partial charge in [-0.15, -0.1) is 0 Å². The maximum Gasteiger partial charge on any atom is 0.234 e. The summed E-state index contributed by atoms with van der Waals surface area (Å²) in [5.41, 5.74) is 8.22. The van der Waals surface area contributed by atoms with Crippen molar-refractivity contribution >= 4 is 45.0 Å². The van der Waals surface area contributed by atoms with E-state index in [0.717, 1.165) is 22.2 Å². The fourth-order valence-electron chi connectivity index (χ4n) is 1.53. The zero-order valence-electron chi connectivity index (χ0n) is 11.6. The summed E-state index contributed by atoms with van der Waals surface area (Å²) in [5, 5.41) is 2.87. The molecule has 0 unspecified atom stereocenters. The number of carbonyl (C=O) groups is 1. The molecule has 0 atom stereocenters. The number of amides is 1. The molecule has 0 fully saturated rings. The molecule has 1 amide bonds. The van der Waals surface area contributed by atoms with E-state index >= 15 is 0 Å². The van der Waals surface area contributed by atoms with Gasteiger partial charge in [-0.3, -0.25) is 4.79 Å². The molecule has 0 bridgehead atoms. The summed E-state index contributed by atoms with van der Waals surface area (Å²) in [6.45, 7) is 6.30. The molecule has 0 aromatic heterocycles. The third-order valence-electron chi connectivity index (χ3n) is 2.70. The second-order valence-electron chi connectivity index (χ2n) is 4.97. The van der Waals surface area contributed by atoms with Crippen LogP contribution in [0.2, 0.25) is 0 Å². The zero-order valence-corrected chi connectivity index (χ0v) is 14.0. The van der Waals surface area contributed by atoms with E-state index in [1.165, 1.54) is 0 Å². The van der Waals surface area contributed by atoms with Crippen molar-refractivity contribution in [3.8, 4) is 0 Å². The number of anilines is 2. The number of hydrogen-bond donors (Lipinski definition) is 2. The summed E-state index contributed by atoms with van der Waals surface area (Å²) in [6, 6.07) is 3.77. The number of aryl methyl sites for hydroxylation is 1. The lowest BCUT2D eigenvalue weighted by Crippen LogP contribution is -2.16. The Morgan fingerprint density at radius 3 is 2.79 bits per heavy atom. The molecule has 0 saturated carbocycles. The molecule has 0 saturated heterocycles. The standard InChI is InChI=1S/C14H21BrN2OS/c1-9(2)4-5-19-8-13(18)17-12-7-11(15)6-10(3)14(12)16/h6-7,9H,4-5,8,16H2,1-3H3,(H,17,18). The lowest BCUT2D eigenvalue weighted by atomic mass is 10.2. The molecule has 0 radical (unpaired) electrons. The largest absolute Gasteiger partial charge is 0.397 e. The summed E-state index contributed by atoms with van der Waals surface area (Å²) in [5.74, 6) is 2.16. The summed E-state index contributed by atoms with van der Waals surface area (Å²) in [7, 11) is 0. The first kappa shape index (κ1) is 16.4. The maximum absolute atomic E-state index is 11.8. The van der Waals surface area contributed by atoms with Gasteiger partial charge in [0.1, 0.15) is 0 Å². The molecule has 1 rings (SSSR count). The highest BCUT2D eigenvalue weighted by Gasteiger charge is 2.08. The molecule has 0 spiro atoms. The SMILES string of the molecule is Cc1cc(Br)cc(NC(=O)CSCCC(C)C)c1N. The first-order chi connectivity index (χ1) is 8.90. The van der Waals surface area contributed by atoms with Gasteiger partial charge in [0.15, 0.2) is 0 Å². The number of carbonyl (C=O) groups excluding carboxylic acids is 1. The normalized spacial score (nSPS) is 10.8. The Kier molecular flexibility index (Phi) is 6.72. The lowest BCUT2D eigenvalue weighted by molar-refractivity contribution is -0.113. The third-order valence-corrected chi connectivity index (χ3v) is 4.15. The number of halogens is 1. The average Bonchev–Trinajstić information content (AvgIpc) is 2.31. The van der Waals surface area contributed by atoms with E-state index in [2.05, 4.69) is 35.1 Å². The van der Waals surface area contributed by atoms with Crippen LogP contribution in [0.3, 0.4) is 0 Å². The lowest BCUT2D eigenvalue weighted by Gasteiger charge is -2.11. The summed E-state index contributed by atoms with van der Waals surface area (Å²) >= 11 is 5.06. The minimum Gasteiger partial charge on any atom is -0.397 e. The van der Waals surface area contributed by atoms with Crippen molar-refractivity contribution < 1.29 is 4.79 Å². The van der Waals surface area contributed by atoms with Gasteiger partial charge in [-0.2, -0.15) is 11.8 Å². The van der Waals surface area contributed by atoms with Gasteiger partial charge in [0.25, 0.3) is 0 Å². The molecule has 0 aliphatic heterocycles. The van der Waals surface area contributed by atoms with E-state index in [0.29, 0.717) is 23.0 Å². The number of hydrogen-bond acceptors (Lipinski definition) is 3. The van der Waals surface area contributed by atoms with Gasteiger partial charge in [-0.25, -0.2) is 0 Å². The van der Waals surface area contributed by atoms with Crippen LogP contribution in [-0.4, -0.2) is 17.4 Å². The van der Waals surface area contributed by atoms with Crippen molar-refractivity contribution in [3.05, 3.63) is 22.2 Å². The summed E-state index contributed by atoms with van der Waals surface area (Å²) < 4.78 is 0.918. The number of benzene rings is 1. The van der Waals surface area contributed by atoms with Gasteiger partial charge >= 0.3 is 0 Å². The first-order valence-electron chi connectivity index (χ1n) is 6.33. The average molecular weight is 345 g/mol. The minimum absolute atomic E-state index is 0.00189. The predicted molar refractivity (Wildman–Crippen MR) is 88.7 cm³/mol. The van der Waals surface area contributed by atoms with E-state index in [1.54, 1.807) is 11.8 Å². The number of rotatable bonds is 6. The predicted octanol–water partition coefficient (Wildman–Crippen LogP) is 4.06. The van der Waals surface area contributed by atoms with E-state index in [1.807, 2.05) is 19.1 Å². The van der Waals surface area contributed by atoms with E-state index < -0.39 is 0 Å². The number of nitrogens with two attached hydrogens (primary N) is 1. The van der Waals surface area contributed by atoms with Crippen molar-refractivity contribution in [1.29, 1.82) is 0 Å². The molecule has 3 nitrogen and oxygen atoms in total. The van der Waals surface area contributed by atoms with Crippen molar-refractivity contribution in [1.82, 2.24) is 0 Å². The Balaban J connectivity index is 2.49. The van der Waals surface area contributed by atoms with Gasteiger partial charge in [-0.1, -0.05) is 29.8 Å². The molecule has 19 heavy (non-hydrogen) atoms. The second-order valence-corrected chi connectivity index (χ2v) is 6.99.